The molecule has 3 rings (SSSR count). The van der Waals surface area contributed by atoms with Crippen molar-refractivity contribution in [2.75, 3.05) is 13.2 Å². The molecule has 1 aliphatic rings. The standard InChI is InChI=1S/C17H18N2O4S/c20-15(21)9-17(6-7-23-11-17)19-16(22)13-10-24-14(18-13)8-12-4-2-1-3-5-12/h1-5,10H,6-9,11H2,(H,19,22)(H,20,21). The number of thiazole rings is 1. The number of aliphatic carboxylic acids is 1. The van der Waals surface area contributed by atoms with E-state index in [0.717, 1.165) is 10.6 Å². The highest BCUT2D eigenvalue weighted by atomic mass is 32.1. The maximum Gasteiger partial charge on any atom is 0.305 e. The molecule has 1 unspecified atom stereocenters. The molecule has 1 saturated heterocycles. The summed E-state index contributed by atoms with van der Waals surface area (Å²) in [6, 6.07) is 9.91. The van der Waals surface area contributed by atoms with Gasteiger partial charge in [-0.05, 0) is 12.0 Å². The Morgan fingerprint density at radius 2 is 2.12 bits per heavy atom. The van der Waals surface area contributed by atoms with Crippen molar-refractivity contribution < 1.29 is 19.4 Å². The number of amides is 1. The number of hydrogen-bond donors (Lipinski definition) is 2. The molecule has 1 atom stereocenters. The van der Waals surface area contributed by atoms with Gasteiger partial charge in [0.1, 0.15) is 5.69 Å². The van der Waals surface area contributed by atoms with Crippen molar-refractivity contribution in [1.29, 1.82) is 0 Å². The van der Waals surface area contributed by atoms with Crippen LogP contribution in [0.25, 0.3) is 0 Å². The number of nitrogens with zero attached hydrogens (tertiary/aromatic N) is 1. The fourth-order valence-corrected chi connectivity index (χ4v) is 3.56. The molecule has 1 amide bonds. The third-order valence-electron chi connectivity index (χ3n) is 3.95. The first-order chi connectivity index (χ1) is 11.6. The first-order valence-corrected chi connectivity index (χ1v) is 8.55. The Bertz CT molecular complexity index is 723. The fourth-order valence-electron chi connectivity index (χ4n) is 2.75. The minimum atomic E-state index is -0.955. The summed E-state index contributed by atoms with van der Waals surface area (Å²) >= 11 is 1.42. The zero-order chi connectivity index (χ0) is 17.0. The van der Waals surface area contributed by atoms with Gasteiger partial charge in [0, 0.05) is 18.4 Å². The Balaban J connectivity index is 1.68. The predicted octanol–water partition coefficient (Wildman–Crippen LogP) is 2.10. The molecule has 0 spiro atoms. The number of benzene rings is 1. The molecule has 1 aromatic heterocycles. The zero-order valence-corrected chi connectivity index (χ0v) is 13.8. The summed E-state index contributed by atoms with van der Waals surface area (Å²) in [5, 5.41) is 14.4. The molecule has 0 bridgehead atoms. The van der Waals surface area contributed by atoms with E-state index in [9.17, 15) is 9.59 Å². The van der Waals surface area contributed by atoms with E-state index in [1.54, 1.807) is 5.38 Å². The van der Waals surface area contributed by atoms with E-state index in [2.05, 4.69) is 10.3 Å². The molecule has 6 nitrogen and oxygen atoms in total. The van der Waals surface area contributed by atoms with Crippen LogP contribution in [0.2, 0.25) is 0 Å². The van der Waals surface area contributed by atoms with Gasteiger partial charge in [0.15, 0.2) is 0 Å². The van der Waals surface area contributed by atoms with Crippen molar-refractivity contribution in [3.05, 3.63) is 52.0 Å². The highest BCUT2D eigenvalue weighted by Gasteiger charge is 2.39. The number of carboxylic acids is 1. The molecular formula is C17H18N2O4S. The van der Waals surface area contributed by atoms with Crippen molar-refractivity contribution in [2.24, 2.45) is 0 Å². The number of rotatable bonds is 6. The molecular weight excluding hydrogens is 328 g/mol. The van der Waals surface area contributed by atoms with Gasteiger partial charge in [-0.15, -0.1) is 11.3 Å². The summed E-state index contributed by atoms with van der Waals surface area (Å²) in [5.41, 5.74) is 0.611. The molecule has 1 aromatic carbocycles. The molecule has 126 valence electrons. The van der Waals surface area contributed by atoms with Crippen LogP contribution >= 0.6 is 11.3 Å². The lowest BCUT2D eigenvalue weighted by Crippen LogP contribution is -2.50. The van der Waals surface area contributed by atoms with E-state index in [1.807, 2.05) is 30.3 Å². The largest absolute Gasteiger partial charge is 0.481 e. The van der Waals surface area contributed by atoms with Crippen LogP contribution < -0.4 is 5.32 Å². The molecule has 2 heterocycles. The normalized spacial score (nSPS) is 20.0. The van der Waals surface area contributed by atoms with Crippen LogP contribution in [0.4, 0.5) is 0 Å². The molecule has 2 aromatic rings. The molecule has 2 N–H and O–H groups in total. The SMILES string of the molecule is O=C(O)CC1(NC(=O)c2csc(Cc3ccccc3)n2)CCOC1. The van der Waals surface area contributed by atoms with Crippen LogP contribution in [0, 0.1) is 0 Å². The topological polar surface area (TPSA) is 88.5 Å². The number of hydrogen-bond acceptors (Lipinski definition) is 5. The second-order valence-corrected chi connectivity index (χ2v) is 6.84. The Labute approximate surface area is 143 Å². The van der Waals surface area contributed by atoms with E-state index in [4.69, 9.17) is 9.84 Å². The molecule has 0 radical (unpaired) electrons. The third-order valence-corrected chi connectivity index (χ3v) is 4.80. The number of aromatic nitrogens is 1. The minimum absolute atomic E-state index is 0.153. The summed E-state index contributed by atoms with van der Waals surface area (Å²) < 4.78 is 5.29. The van der Waals surface area contributed by atoms with Gasteiger partial charge >= 0.3 is 5.97 Å². The summed E-state index contributed by atoms with van der Waals surface area (Å²) in [5.74, 6) is -1.30. The lowest BCUT2D eigenvalue weighted by molar-refractivity contribution is -0.138. The average Bonchev–Trinajstić information content (AvgIpc) is 3.18. The molecule has 1 fully saturated rings. The Hall–Kier alpha value is -2.25. The lowest BCUT2D eigenvalue weighted by atomic mass is 9.94. The Kier molecular flexibility index (Phi) is 4.92. The van der Waals surface area contributed by atoms with E-state index >= 15 is 0 Å². The summed E-state index contributed by atoms with van der Waals surface area (Å²) in [6.07, 6.45) is 1.01. The zero-order valence-electron chi connectivity index (χ0n) is 13.0. The number of carbonyl (C=O) groups is 2. The molecule has 24 heavy (non-hydrogen) atoms. The first kappa shape index (κ1) is 16.6. The van der Waals surface area contributed by atoms with E-state index in [1.165, 1.54) is 11.3 Å². The van der Waals surface area contributed by atoms with Gasteiger partial charge in [-0.25, -0.2) is 4.98 Å². The van der Waals surface area contributed by atoms with E-state index in [0.29, 0.717) is 25.1 Å². The quantitative estimate of drug-likeness (QED) is 0.836. The number of carbonyl (C=O) groups excluding carboxylic acids is 1. The third kappa shape index (κ3) is 3.98. The smallest absolute Gasteiger partial charge is 0.305 e. The van der Waals surface area contributed by atoms with Gasteiger partial charge in [-0.3, -0.25) is 9.59 Å². The van der Waals surface area contributed by atoms with Crippen molar-refractivity contribution in [3.8, 4) is 0 Å². The van der Waals surface area contributed by atoms with Gasteiger partial charge in [0.2, 0.25) is 0 Å². The summed E-state index contributed by atoms with van der Waals surface area (Å²) in [4.78, 5) is 27.9. The highest BCUT2D eigenvalue weighted by Crippen LogP contribution is 2.24. The van der Waals surface area contributed by atoms with Gasteiger partial charge in [-0.2, -0.15) is 0 Å². The van der Waals surface area contributed by atoms with Crippen molar-refractivity contribution in [2.45, 2.75) is 24.8 Å². The highest BCUT2D eigenvalue weighted by molar-refractivity contribution is 7.09. The Morgan fingerprint density at radius 1 is 1.33 bits per heavy atom. The maximum absolute atomic E-state index is 12.4. The summed E-state index contributed by atoms with van der Waals surface area (Å²) in [6.45, 7) is 0.663. The second kappa shape index (κ2) is 7.11. The van der Waals surface area contributed by atoms with Crippen molar-refractivity contribution in [3.63, 3.8) is 0 Å². The molecule has 0 saturated carbocycles. The van der Waals surface area contributed by atoms with Crippen LogP contribution in [0.3, 0.4) is 0 Å². The fraction of sp³-hybridized carbons (Fsp3) is 0.353. The molecule has 0 aliphatic carbocycles. The number of carboxylic acid groups (broad SMARTS) is 1. The first-order valence-electron chi connectivity index (χ1n) is 7.67. The van der Waals surface area contributed by atoms with Crippen LogP contribution in [-0.4, -0.2) is 40.7 Å². The van der Waals surface area contributed by atoms with Gasteiger partial charge in [0.25, 0.3) is 5.91 Å². The van der Waals surface area contributed by atoms with Crippen LogP contribution in [0.15, 0.2) is 35.7 Å². The van der Waals surface area contributed by atoms with Crippen molar-refractivity contribution >= 4 is 23.2 Å². The lowest BCUT2D eigenvalue weighted by Gasteiger charge is -2.26. The number of nitrogens with one attached hydrogen (secondary N) is 1. The van der Waals surface area contributed by atoms with E-state index in [-0.39, 0.29) is 18.9 Å². The predicted molar refractivity (Wildman–Crippen MR) is 89.2 cm³/mol. The second-order valence-electron chi connectivity index (χ2n) is 5.90. The van der Waals surface area contributed by atoms with Gasteiger partial charge < -0.3 is 15.2 Å². The summed E-state index contributed by atoms with van der Waals surface area (Å²) in [7, 11) is 0. The molecule has 1 aliphatic heterocycles. The van der Waals surface area contributed by atoms with Crippen LogP contribution in [0.1, 0.15) is 33.9 Å². The minimum Gasteiger partial charge on any atom is -0.481 e. The average molecular weight is 346 g/mol. The van der Waals surface area contributed by atoms with Crippen molar-refractivity contribution in [1.82, 2.24) is 10.3 Å². The monoisotopic (exact) mass is 346 g/mol. The van der Waals surface area contributed by atoms with Crippen LogP contribution in [-0.2, 0) is 16.0 Å². The number of ether oxygens (including phenoxy) is 1. The Morgan fingerprint density at radius 3 is 2.79 bits per heavy atom. The van der Waals surface area contributed by atoms with Gasteiger partial charge in [0.05, 0.1) is 23.6 Å². The molecule has 7 heteroatoms. The van der Waals surface area contributed by atoms with Crippen LogP contribution in [0.5, 0.6) is 0 Å². The van der Waals surface area contributed by atoms with Gasteiger partial charge in [-0.1, -0.05) is 30.3 Å². The maximum atomic E-state index is 12.4. The van der Waals surface area contributed by atoms with E-state index < -0.39 is 11.5 Å².